The van der Waals surface area contributed by atoms with Crippen LogP contribution >= 0.6 is 22.9 Å². The van der Waals surface area contributed by atoms with Crippen LogP contribution in [0.2, 0.25) is 5.02 Å². The summed E-state index contributed by atoms with van der Waals surface area (Å²) in [4.78, 5) is 18.5. The highest BCUT2D eigenvalue weighted by atomic mass is 35.5. The Hall–Kier alpha value is -1.79. The zero-order valence-electron chi connectivity index (χ0n) is 14.0. The summed E-state index contributed by atoms with van der Waals surface area (Å²) in [6.07, 6.45) is 3.10. The number of anilines is 1. The van der Waals surface area contributed by atoms with Gasteiger partial charge >= 0.3 is 0 Å². The molecular formula is C18H22ClN3O2S. The van der Waals surface area contributed by atoms with E-state index in [-0.39, 0.29) is 5.91 Å². The number of carbonyl (C=O) groups is 1. The van der Waals surface area contributed by atoms with E-state index in [1.165, 1.54) is 11.3 Å². The summed E-state index contributed by atoms with van der Waals surface area (Å²) in [6.45, 7) is 2.28. The number of aromatic nitrogens is 1. The van der Waals surface area contributed by atoms with E-state index in [1.807, 2.05) is 34.5 Å². The summed E-state index contributed by atoms with van der Waals surface area (Å²) in [5.74, 6) is 1.52. The molecule has 1 aromatic heterocycles. The zero-order chi connectivity index (χ0) is 17.6. The summed E-state index contributed by atoms with van der Waals surface area (Å²) < 4.78 is 5.82. The monoisotopic (exact) mass is 379 g/mol. The molecule has 0 unspecified atom stereocenters. The van der Waals surface area contributed by atoms with E-state index < -0.39 is 0 Å². The Labute approximate surface area is 156 Å². The van der Waals surface area contributed by atoms with E-state index in [4.69, 9.17) is 22.1 Å². The van der Waals surface area contributed by atoms with E-state index in [0.717, 1.165) is 37.4 Å². The number of nitrogens with zero attached hydrogens (tertiary/aromatic N) is 2. The molecular weight excluding hydrogens is 358 g/mol. The first-order chi connectivity index (χ1) is 12.1. The van der Waals surface area contributed by atoms with Gasteiger partial charge in [0.25, 0.3) is 0 Å². The minimum absolute atomic E-state index is 0.198. The van der Waals surface area contributed by atoms with Crippen LogP contribution in [0.25, 0.3) is 0 Å². The molecule has 0 bridgehead atoms. The summed E-state index contributed by atoms with van der Waals surface area (Å²) >= 11 is 7.29. The summed E-state index contributed by atoms with van der Waals surface area (Å²) in [5.41, 5.74) is 6.52. The highest BCUT2D eigenvalue weighted by Gasteiger charge is 2.23. The number of nitrogens with two attached hydrogens (primary N) is 1. The van der Waals surface area contributed by atoms with E-state index in [9.17, 15) is 4.79 Å². The Bertz CT molecular complexity index is 697. The molecule has 134 valence electrons. The maximum atomic E-state index is 12.3. The van der Waals surface area contributed by atoms with Crippen molar-refractivity contribution in [1.29, 1.82) is 0 Å². The molecule has 1 aliphatic heterocycles. The van der Waals surface area contributed by atoms with Crippen LogP contribution in [0, 0.1) is 5.92 Å². The number of piperidine rings is 1. The van der Waals surface area contributed by atoms with E-state index >= 15 is 0 Å². The summed E-state index contributed by atoms with van der Waals surface area (Å²) in [6, 6.07) is 7.42. The number of nitrogen functional groups attached to an aromatic ring is 1. The molecule has 0 radical (unpaired) electrons. The minimum atomic E-state index is 0.198. The Morgan fingerprint density at radius 3 is 2.68 bits per heavy atom. The fourth-order valence-corrected chi connectivity index (χ4v) is 3.65. The third-order valence-electron chi connectivity index (χ3n) is 4.43. The van der Waals surface area contributed by atoms with Crippen molar-refractivity contribution in [2.45, 2.75) is 25.7 Å². The van der Waals surface area contributed by atoms with Gasteiger partial charge in [-0.2, -0.15) is 0 Å². The number of likely N-dealkylation sites (tertiary alicyclic amines) is 1. The lowest BCUT2D eigenvalue weighted by Gasteiger charge is -2.32. The average molecular weight is 380 g/mol. The number of hydrogen-bond acceptors (Lipinski definition) is 5. The van der Waals surface area contributed by atoms with Gasteiger partial charge in [0.1, 0.15) is 5.75 Å². The van der Waals surface area contributed by atoms with Crippen LogP contribution in [0.5, 0.6) is 5.75 Å². The fourth-order valence-electron chi connectivity index (χ4n) is 2.92. The van der Waals surface area contributed by atoms with Gasteiger partial charge in [-0.05, 0) is 49.4 Å². The van der Waals surface area contributed by atoms with Crippen LogP contribution in [-0.2, 0) is 11.2 Å². The first-order valence-corrected chi connectivity index (χ1v) is 9.72. The predicted molar refractivity (Wildman–Crippen MR) is 101 cm³/mol. The van der Waals surface area contributed by atoms with Gasteiger partial charge < -0.3 is 15.4 Å². The van der Waals surface area contributed by atoms with Gasteiger partial charge in [0.05, 0.1) is 12.3 Å². The Morgan fingerprint density at radius 2 is 2.04 bits per heavy atom. The van der Waals surface area contributed by atoms with Crippen LogP contribution < -0.4 is 10.5 Å². The molecule has 0 saturated carbocycles. The van der Waals surface area contributed by atoms with Crippen molar-refractivity contribution >= 4 is 34.0 Å². The molecule has 5 nitrogen and oxygen atoms in total. The van der Waals surface area contributed by atoms with Gasteiger partial charge in [-0.3, -0.25) is 4.79 Å². The first kappa shape index (κ1) is 18.0. The minimum Gasteiger partial charge on any atom is -0.493 e. The normalized spacial score (nSPS) is 15.3. The van der Waals surface area contributed by atoms with E-state index in [2.05, 4.69) is 4.98 Å². The van der Waals surface area contributed by atoms with Gasteiger partial charge in [0.15, 0.2) is 5.13 Å². The van der Waals surface area contributed by atoms with Crippen molar-refractivity contribution in [1.82, 2.24) is 9.88 Å². The number of benzene rings is 1. The van der Waals surface area contributed by atoms with Crippen LogP contribution in [0.4, 0.5) is 5.13 Å². The van der Waals surface area contributed by atoms with Gasteiger partial charge in [-0.1, -0.05) is 11.6 Å². The van der Waals surface area contributed by atoms with Crippen LogP contribution in [0.15, 0.2) is 29.6 Å². The number of rotatable bonds is 6. The van der Waals surface area contributed by atoms with Gasteiger partial charge in [-0.25, -0.2) is 4.98 Å². The smallest absolute Gasteiger partial charge is 0.222 e. The second kappa shape index (κ2) is 8.54. The van der Waals surface area contributed by atoms with E-state index in [0.29, 0.717) is 35.5 Å². The topological polar surface area (TPSA) is 68.5 Å². The molecule has 1 fully saturated rings. The number of hydrogen-bond donors (Lipinski definition) is 1. The van der Waals surface area contributed by atoms with Gasteiger partial charge in [0, 0.05) is 29.9 Å². The quantitative estimate of drug-likeness (QED) is 0.832. The van der Waals surface area contributed by atoms with Crippen molar-refractivity contribution in [3.63, 3.8) is 0 Å². The average Bonchev–Trinajstić information content (AvgIpc) is 3.05. The second-order valence-electron chi connectivity index (χ2n) is 6.27. The molecule has 1 aromatic carbocycles. The molecule has 0 aliphatic carbocycles. The van der Waals surface area contributed by atoms with Crippen LogP contribution in [0.3, 0.4) is 0 Å². The first-order valence-electron chi connectivity index (χ1n) is 8.46. The molecule has 0 atom stereocenters. The van der Waals surface area contributed by atoms with Crippen molar-refractivity contribution in [2.24, 2.45) is 5.92 Å². The lowest BCUT2D eigenvalue weighted by molar-refractivity contribution is -0.132. The van der Waals surface area contributed by atoms with Crippen molar-refractivity contribution in [3.05, 3.63) is 40.4 Å². The summed E-state index contributed by atoms with van der Waals surface area (Å²) in [5, 5.41) is 3.19. The highest BCUT2D eigenvalue weighted by molar-refractivity contribution is 7.13. The number of ether oxygens (including phenoxy) is 1. The SMILES string of the molecule is Nc1nc(CCC(=O)N2CCC(COc3ccc(Cl)cc3)CC2)cs1. The maximum Gasteiger partial charge on any atom is 0.222 e. The van der Waals surface area contributed by atoms with Gasteiger partial charge in [-0.15, -0.1) is 11.3 Å². The number of thiazole rings is 1. The number of halogens is 1. The molecule has 1 aliphatic rings. The van der Waals surface area contributed by atoms with Crippen molar-refractivity contribution < 1.29 is 9.53 Å². The standard InChI is InChI=1S/C18H22ClN3O2S/c19-14-1-4-16(5-2-14)24-11-13-7-9-22(10-8-13)17(23)6-3-15-12-25-18(20)21-15/h1-2,4-5,12-13H,3,6-11H2,(H2,20,21). The molecule has 7 heteroatoms. The zero-order valence-corrected chi connectivity index (χ0v) is 15.6. The molecule has 2 heterocycles. The van der Waals surface area contributed by atoms with Crippen molar-refractivity contribution in [2.75, 3.05) is 25.4 Å². The second-order valence-corrected chi connectivity index (χ2v) is 7.59. The van der Waals surface area contributed by atoms with Gasteiger partial charge in [0.2, 0.25) is 5.91 Å². The van der Waals surface area contributed by atoms with Crippen LogP contribution in [-0.4, -0.2) is 35.5 Å². The Kier molecular flexibility index (Phi) is 6.15. The molecule has 0 spiro atoms. The van der Waals surface area contributed by atoms with Crippen molar-refractivity contribution in [3.8, 4) is 5.75 Å². The molecule has 2 aromatic rings. The van der Waals surface area contributed by atoms with Crippen LogP contribution in [0.1, 0.15) is 25.0 Å². The molecule has 25 heavy (non-hydrogen) atoms. The number of aryl methyl sites for hydroxylation is 1. The highest BCUT2D eigenvalue weighted by Crippen LogP contribution is 2.21. The number of amides is 1. The largest absolute Gasteiger partial charge is 0.493 e. The summed E-state index contributed by atoms with van der Waals surface area (Å²) in [7, 11) is 0. The fraction of sp³-hybridized carbons (Fsp3) is 0.444. The Morgan fingerprint density at radius 1 is 1.32 bits per heavy atom. The maximum absolute atomic E-state index is 12.3. The third kappa shape index (κ3) is 5.34. The molecule has 1 saturated heterocycles. The molecule has 1 amide bonds. The molecule has 3 rings (SSSR count). The van der Waals surface area contributed by atoms with E-state index in [1.54, 1.807) is 0 Å². The number of carbonyl (C=O) groups excluding carboxylic acids is 1. The lowest BCUT2D eigenvalue weighted by Crippen LogP contribution is -2.39. The predicted octanol–water partition coefficient (Wildman–Crippen LogP) is 3.63. The lowest BCUT2D eigenvalue weighted by atomic mass is 9.97. The Balaban J connectivity index is 1.37. The third-order valence-corrected chi connectivity index (χ3v) is 5.41. The molecule has 2 N–H and O–H groups in total.